The topological polar surface area (TPSA) is 9.23 Å². The van der Waals surface area contributed by atoms with Gasteiger partial charge in [0.2, 0.25) is 0 Å². The molecule has 0 bridgehead atoms. The number of benzene rings is 2. The Morgan fingerprint density at radius 1 is 1.00 bits per heavy atom. The van der Waals surface area contributed by atoms with Gasteiger partial charge in [-0.1, -0.05) is 47.5 Å². The van der Waals surface area contributed by atoms with Crippen molar-refractivity contribution in [2.24, 2.45) is 0 Å². The van der Waals surface area contributed by atoms with Crippen LogP contribution in [0.4, 0.5) is 0 Å². The summed E-state index contributed by atoms with van der Waals surface area (Å²) in [5.41, 5.74) is 2.15. The Bertz CT molecular complexity index is 523. The molecule has 0 aliphatic heterocycles. The van der Waals surface area contributed by atoms with E-state index in [1.807, 2.05) is 36.4 Å². The molecule has 0 aliphatic rings. The summed E-state index contributed by atoms with van der Waals surface area (Å²) in [6.45, 7) is 0. The zero-order valence-electron chi connectivity index (χ0n) is 9.41. The molecule has 88 valence electrons. The summed E-state index contributed by atoms with van der Waals surface area (Å²) in [4.78, 5) is 0. The van der Waals surface area contributed by atoms with Crippen molar-refractivity contribution in [3.63, 3.8) is 0 Å². The molecule has 0 N–H and O–H groups in total. The molecule has 0 atom stereocenters. The van der Waals surface area contributed by atoms with Crippen LogP contribution in [0, 0.1) is 0 Å². The van der Waals surface area contributed by atoms with Crippen LogP contribution in [0.5, 0.6) is 5.75 Å². The smallest absolute Gasteiger partial charge is 0.122 e. The van der Waals surface area contributed by atoms with Gasteiger partial charge in [-0.3, -0.25) is 0 Å². The van der Waals surface area contributed by atoms with Crippen molar-refractivity contribution in [3.05, 3.63) is 63.6 Å². The molecule has 17 heavy (non-hydrogen) atoms. The summed E-state index contributed by atoms with van der Waals surface area (Å²) in [6, 6.07) is 13.5. The first-order valence-corrected chi connectivity index (χ1v) is 6.02. The predicted octanol–water partition coefficient (Wildman–Crippen LogP) is 4.59. The fraction of sp³-hybridized carbons (Fsp3) is 0.143. The monoisotopic (exact) mass is 266 g/mol. The van der Waals surface area contributed by atoms with Gasteiger partial charge in [0, 0.05) is 16.5 Å². The summed E-state index contributed by atoms with van der Waals surface area (Å²) in [5, 5.41) is 1.34. The Balaban J connectivity index is 2.31. The molecular formula is C14H12Cl2O. The molecule has 2 aromatic rings. The van der Waals surface area contributed by atoms with Gasteiger partial charge in [0.25, 0.3) is 0 Å². The molecule has 2 rings (SSSR count). The molecule has 0 aliphatic carbocycles. The van der Waals surface area contributed by atoms with Crippen LogP contribution in [0.3, 0.4) is 0 Å². The van der Waals surface area contributed by atoms with Gasteiger partial charge in [-0.2, -0.15) is 0 Å². The molecular weight excluding hydrogens is 255 g/mol. The third-order valence-electron chi connectivity index (χ3n) is 2.59. The van der Waals surface area contributed by atoms with E-state index in [-0.39, 0.29) is 0 Å². The maximum Gasteiger partial charge on any atom is 0.122 e. The number of methoxy groups -OCH3 is 1. The van der Waals surface area contributed by atoms with Crippen LogP contribution in [0.2, 0.25) is 10.0 Å². The highest BCUT2D eigenvalue weighted by atomic mass is 35.5. The lowest BCUT2D eigenvalue weighted by molar-refractivity contribution is 0.410. The third kappa shape index (κ3) is 2.93. The molecule has 0 aromatic heterocycles. The first kappa shape index (κ1) is 12.3. The van der Waals surface area contributed by atoms with Crippen molar-refractivity contribution < 1.29 is 4.74 Å². The Labute approximate surface area is 111 Å². The number of rotatable bonds is 3. The van der Waals surface area contributed by atoms with Crippen molar-refractivity contribution in [3.8, 4) is 5.75 Å². The number of hydrogen-bond donors (Lipinski definition) is 0. The standard InChI is InChI=1S/C14H12Cl2O/c1-17-14-5-3-2-4-11(14)8-10-6-7-12(15)9-13(10)16/h2-7,9H,8H2,1H3. The molecule has 3 heteroatoms. The molecule has 1 nitrogen and oxygen atoms in total. The quantitative estimate of drug-likeness (QED) is 0.790. The van der Waals surface area contributed by atoms with E-state index in [1.54, 1.807) is 13.2 Å². The lowest BCUT2D eigenvalue weighted by atomic mass is 10.0. The summed E-state index contributed by atoms with van der Waals surface area (Å²) in [5.74, 6) is 0.874. The van der Waals surface area contributed by atoms with E-state index >= 15 is 0 Å². The summed E-state index contributed by atoms with van der Waals surface area (Å²) in [6.07, 6.45) is 0.736. The molecule has 0 spiro atoms. The fourth-order valence-electron chi connectivity index (χ4n) is 1.72. The first-order chi connectivity index (χ1) is 8.20. The Morgan fingerprint density at radius 2 is 1.76 bits per heavy atom. The van der Waals surface area contributed by atoms with E-state index in [0.717, 1.165) is 23.3 Å². The van der Waals surface area contributed by atoms with Gasteiger partial charge in [-0.05, 0) is 29.3 Å². The lowest BCUT2D eigenvalue weighted by Crippen LogP contribution is -1.94. The van der Waals surface area contributed by atoms with Crippen LogP contribution < -0.4 is 4.74 Å². The second kappa shape index (κ2) is 5.44. The second-order valence-corrected chi connectivity index (χ2v) is 4.57. The Kier molecular flexibility index (Phi) is 3.93. The number of hydrogen-bond acceptors (Lipinski definition) is 1. The van der Waals surface area contributed by atoms with E-state index in [1.165, 1.54) is 0 Å². The van der Waals surface area contributed by atoms with Crippen LogP contribution in [0.25, 0.3) is 0 Å². The van der Waals surface area contributed by atoms with Gasteiger partial charge < -0.3 is 4.74 Å². The minimum absolute atomic E-state index is 0.652. The van der Waals surface area contributed by atoms with Crippen LogP contribution in [-0.4, -0.2) is 7.11 Å². The molecule has 0 radical (unpaired) electrons. The SMILES string of the molecule is COc1ccccc1Cc1ccc(Cl)cc1Cl. The van der Waals surface area contributed by atoms with Gasteiger partial charge >= 0.3 is 0 Å². The van der Waals surface area contributed by atoms with E-state index in [9.17, 15) is 0 Å². The molecule has 0 fully saturated rings. The summed E-state index contributed by atoms with van der Waals surface area (Å²) in [7, 11) is 1.67. The van der Waals surface area contributed by atoms with Crippen LogP contribution in [0.15, 0.2) is 42.5 Å². The van der Waals surface area contributed by atoms with E-state index in [4.69, 9.17) is 27.9 Å². The van der Waals surface area contributed by atoms with Crippen molar-refractivity contribution in [2.45, 2.75) is 6.42 Å². The van der Waals surface area contributed by atoms with Gasteiger partial charge in [0.1, 0.15) is 5.75 Å². The highest BCUT2D eigenvalue weighted by Crippen LogP contribution is 2.26. The minimum atomic E-state index is 0.652. The van der Waals surface area contributed by atoms with Crippen molar-refractivity contribution >= 4 is 23.2 Å². The molecule has 0 unspecified atom stereocenters. The first-order valence-electron chi connectivity index (χ1n) is 5.26. The Hall–Kier alpha value is -1.18. The maximum atomic E-state index is 6.15. The second-order valence-electron chi connectivity index (χ2n) is 3.72. The van der Waals surface area contributed by atoms with Crippen LogP contribution in [-0.2, 0) is 6.42 Å². The summed E-state index contributed by atoms with van der Waals surface area (Å²) >= 11 is 12.0. The summed E-state index contributed by atoms with van der Waals surface area (Å²) < 4.78 is 5.31. The average molecular weight is 267 g/mol. The minimum Gasteiger partial charge on any atom is -0.496 e. The zero-order valence-corrected chi connectivity index (χ0v) is 10.9. The molecule has 0 amide bonds. The fourth-order valence-corrected chi connectivity index (χ4v) is 2.19. The molecule has 0 saturated carbocycles. The predicted molar refractivity (Wildman–Crippen MR) is 72.3 cm³/mol. The van der Waals surface area contributed by atoms with Crippen molar-refractivity contribution in [1.29, 1.82) is 0 Å². The van der Waals surface area contributed by atoms with E-state index < -0.39 is 0 Å². The van der Waals surface area contributed by atoms with Crippen molar-refractivity contribution in [2.75, 3.05) is 7.11 Å². The zero-order chi connectivity index (χ0) is 12.3. The molecule has 0 heterocycles. The molecule has 2 aromatic carbocycles. The number of ether oxygens (including phenoxy) is 1. The van der Waals surface area contributed by atoms with Gasteiger partial charge in [-0.15, -0.1) is 0 Å². The van der Waals surface area contributed by atoms with E-state index in [2.05, 4.69) is 0 Å². The van der Waals surface area contributed by atoms with Gasteiger partial charge in [0.05, 0.1) is 7.11 Å². The number of para-hydroxylation sites is 1. The largest absolute Gasteiger partial charge is 0.496 e. The molecule has 0 saturated heterocycles. The van der Waals surface area contributed by atoms with E-state index in [0.29, 0.717) is 10.0 Å². The lowest BCUT2D eigenvalue weighted by Gasteiger charge is -2.09. The average Bonchev–Trinajstić information content (AvgIpc) is 2.33. The highest BCUT2D eigenvalue weighted by molar-refractivity contribution is 6.35. The van der Waals surface area contributed by atoms with Crippen molar-refractivity contribution in [1.82, 2.24) is 0 Å². The maximum absolute atomic E-state index is 6.15. The normalized spacial score (nSPS) is 10.3. The van der Waals surface area contributed by atoms with Crippen LogP contribution >= 0.6 is 23.2 Å². The van der Waals surface area contributed by atoms with Gasteiger partial charge in [-0.25, -0.2) is 0 Å². The Morgan fingerprint density at radius 3 is 2.47 bits per heavy atom. The number of halogens is 2. The van der Waals surface area contributed by atoms with Crippen LogP contribution in [0.1, 0.15) is 11.1 Å². The highest BCUT2D eigenvalue weighted by Gasteiger charge is 2.06. The third-order valence-corrected chi connectivity index (χ3v) is 3.18. The van der Waals surface area contributed by atoms with Gasteiger partial charge in [0.15, 0.2) is 0 Å².